The van der Waals surface area contributed by atoms with Gasteiger partial charge in [-0.15, -0.1) is 0 Å². The van der Waals surface area contributed by atoms with E-state index in [0.717, 1.165) is 0 Å². The van der Waals surface area contributed by atoms with Crippen LogP contribution in [-0.2, 0) is 0 Å². The van der Waals surface area contributed by atoms with Crippen molar-refractivity contribution in [1.82, 2.24) is 0 Å². The van der Waals surface area contributed by atoms with Crippen molar-refractivity contribution in [2.45, 2.75) is 27.7 Å². The minimum Gasteiger partial charge on any atom is -0.0630 e. The van der Waals surface area contributed by atoms with Gasteiger partial charge in [0.05, 0.1) is 26.6 Å². The number of hydrogen-bond donors (Lipinski definition) is 0. The zero-order valence-corrected chi connectivity index (χ0v) is 12.5. The van der Waals surface area contributed by atoms with Crippen LogP contribution in [0.3, 0.4) is 0 Å². The highest BCUT2D eigenvalue weighted by molar-refractivity contribution is 8.39. The second-order valence-corrected chi connectivity index (χ2v) is 15.1. The average molecular weight is 241 g/mol. The summed E-state index contributed by atoms with van der Waals surface area (Å²) in [6.45, 7) is 11.5. The van der Waals surface area contributed by atoms with Crippen LogP contribution in [0.1, 0.15) is 27.7 Å². The minimum absolute atomic E-state index is 0.335. The number of fused-ring (bicyclic) bond motifs is 1. The summed E-state index contributed by atoms with van der Waals surface area (Å²) in [6, 6.07) is 0. The molecule has 2 aliphatic rings. The number of hydrogen-bond acceptors (Lipinski definition) is 0. The lowest BCUT2D eigenvalue weighted by atomic mass is 10.2. The zero-order chi connectivity index (χ0) is 11.2. The molecule has 0 unspecified atom stereocenters. The summed E-state index contributed by atoms with van der Waals surface area (Å²) in [5, 5.41) is 0. The largest absolute Gasteiger partial charge is 0.0825 e. The van der Waals surface area contributed by atoms with Gasteiger partial charge in [-0.25, -0.2) is 0 Å². The van der Waals surface area contributed by atoms with Crippen molar-refractivity contribution in [1.29, 1.82) is 0 Å². The summed E-state index contributed by atoms with van der Waals surface area (Å²) in [5.41, 5.74) is 6.87. The second-order valence-electron chi connectivity index (χ2n) is 5.60. The molecular weight excluding hydrogens is 218 g/mol. The first kappa shape index (κ1) is 11.8. The van der Waals surface area contributed by atoms with Gasteiger partial charge in [0.15, 0.2) is 0 Å². The molecule has 0 aliphatic carbocycles. The van der Waals surface area contributed by atoms with Gasteiger partial charge in [0.25, 0.3) is 0 Å². The molecule has 0 atom stereocenters. The summed E-state index contributed by atoms with van der Waals surface area (Å²) >= 11 is 0. The normalized spacial score (nSPS) is 37.0. The standard InChI is InChI=1S/C13H23P2/c1-10-6-14-7-11(2)13(4)9-15(14,5)8-12(10)3/h6-9H2,1-5H3/q+1. The fraction of sp³-hybridized carbons (Fsp3) is 0.692. The SMILES string of the molecule is CC1=C(C)C[P+]2(C)CC(C)=C(C)CP2C1. The van der Waals surface area contributed by atoms with Gasteiger partial charge in [-0.3, -0.25) is 0 Å². The van der Waals surface area contributed by atoms with Crippen molar-refractivity contribution in [3.05, 3.63) is 22.3 Å². The van der Waals surface area contributed by atoms with Gasteiger partial charge in [0, 0.05) is 19.3 Å². The van der Waals surface area contributed by atoms with Gasteiger partial charge >= 0.3 is 0 Å². The fourth-order valence-corrected chi connectivity index (χ4v) is 14.1. The van der Waals surface area contributed by atoms with Gasteiger partial charge in [0.1, 0.15) is 0 Å². The Bertz CT molecular complexity index is 320. The Morgan fingerprint density at radius 1 is 0.800 bits per heavy atom. The molecule has 0 radical (unpaired) electrons. The molecule has 2 heterocycles. The monoisotopic (exact) mass is 241 g/mol. The number of allylic oxidation sites excluding steroid dienone is 4. The highest BCUT2D eigenvalue weighted by Crippen LogP contribution is 2.86. The molecule has 0 fully saturated rings. The predicted octanol–water partition coefficient (Wildman–Crippen LogP) is 4.73. The highest BCUT2D eigenvalue weighted by atomic mass is 32.1. The summed E-state index contributed by atoms with van der Waals surface area (Å²) in [4.78, 5) is 0. The summed E-state index contributed by atoms with van der Waals surface area (Å²) < 4.78 is 0. The number of rotatable bonds is 0. The molecule has 84 valence electrons. The third-order valence-corrected chi connectivity index (χ3v) is 15.3. The smallest absolute Gasteiger partial charge is 0.0630 e. The van der Waals surface area contributed by atoms with Gasteiger partial charge in [0.2, 0.25) is 0 Å². The second kappa shape index (κ2) is 3.97. The van der Waals surface area contributed by atoms with Crippen molar-refractivity contribution in [2.75, 3.05) is 31.3 Å². The van der Waals surface area contributed by atoms with E-state index in [1.54, 1.807) is 22.3 Å². The third kappa shape index (κ3) is 2.09. The molecule has 0 nitrogen and oxygen atoms in total. The fourth-order valence-electron chi connectivity index (χ4n) is 2.76. The van der Waals surface area contributed by atoms with Crippen LogP contribution in [0.2, 0.25) is 0 Å². The molecule has 2 rings (SSSR count). The van der Waals surface area contributed by atoms with Crippen molar-refractivity contribution >= 4 is 14.6 Å². The maximum Gasteiger partial charge on any atom is 0.0825 e. The Labute approximate surface area is 96.2 Å². The molecule has 2 heteroatoms. The van der Waals surface area contributed by atoms with Crippen molar-refractivity contribution in [2.24, 2.45) is 0 Å². The summed E-state index contributed by atoms with van der Waals surface area (Å²) in [5.74, 6) is 0. The zero-order valence-electron chi connectivity index (χ0n) is 10.7. The molecule has 0 amide bonds. The Hall–Kier alpha value is 0.340. The van der Waals surface area contributed by atoms with E-state index in [-0.39, 0.29) is 0 Å². The van der Waals surface area contributed by atoms with Crippen molar-refractivity contribution in [3.63, 3.8) is 0 Å². The van der Waals surface area contributed by atoms with E-state index in [4.69, 9.17) is 0 Å². The van der Waals surface area contributed by atoms with E-state index in [1.165, 1.54) is 24.6 Å². The molecule has 0 spiro atoms. The minimum atomic E-state index is -0.606. The lowest BCUT2D eigenvalue weighted by Gasteiger charge is -2.40. The molecule has 0 aromatic rings. The molecule has 0 saturated carbocycles. The predicted molar refractivity (Wildman–Crippen MR) is 76.0 cm³/mol. The molecular formula is C13H23P2+. The van der Waals surface area contributed by atoms with Gasteiger partial charge in [-0.1, -0.05) is 11.1 Å². The van der Waals surface area contributed by atoms with Crippen LogP contribution >= 0.6 is 14.6 Å². The van der Waals surface area contributed by atoms with Crippen LogP contribution in [0.5, 0.6) is 0 Å². The van der Waals surface area contributed by atoms with Crippen LogP contribution in [0.15, 0.2) is 22.3 Å². The van der Waals surface area contributed by atoms with E-state index in [2.05, 4.69) is 34.4 Å². The van der Waals surface area contributed by atoms with Crippen LogP contribution in [-0.4, -0.2) is 31.3 Å². The van der Waals surface area contributed by atoms with E-state index < -0.39 is 6.95 Å². The highest BCUT2D eigenvalue weighted by Gasteiger charge is 2.47. The lowest BCUT2D eigenvalue weighted by Crippen LogP contribution is -2.18. The van der Waals surface area contributed by atoms with Crippen molar-refractivity contribution in [3.8, 4) is 0 Å². The molecule has 15 heavy (non-hydrogen) atoms. The van der Waals surface area contributed by atoms with E-state index in [0.29, 0.717) is 7.61 Å². The average Bonchev–Trinajstić information content (AvgIpc) is 2.12. The third-order valence-electron chi connectivity index (χ3n) is 4.13. The first-order valence-electron chi connectivity index (χ1n) is 5.83. The van der Waals surface area contributed by atoms with Gasteiger partial charge < -0.3 is 0 Å². The topological polar surface area (TPSA) is 0 Å². The van der Waals surface area contributed by atoms with Gasteiger partial charge in [-0.2, -0.15) is 0 Å². The summed E-state index contributed by atoms with van der Waals surface area (Å²) in [7, 11) is 0.335. The molecule has 0 N–H and O–H groups in total. The molecule has 2 aliphatic heterocycles. The molecule has 0 aromatic carbocycles. The quantitative estimate of drug-likeness (QED) is 0.425. The van der Waals surface area contributed by atoms with E-state index >= 15 is 0 Å². The molecule has 0 saturated heterocycles. The maximum atomic E-state index is 2.64. The van der Waals surface area contributed by atoms with Crippen LogP contribution in [0.4, 0.5) is 0 Å². The van der Waals surface area contributed by atoms with E-state index in [1.807, 2.05) is 0 Å². The molecule has 0 aromatic heterocycles. The van der Waals surface area contributed by atoms with Crippen molar-refractivity contribution < 1.29 is 0 Å². The Balaban J connectivity index is 2.31. The van der Waals surface area contributed by atoms with Gasteiger partial charge in [-0.05, 0) is 38.8 Å². The van der Waals surface area contributed by atoms with Crippen LogP contribution < -0.4 is 0 Å². The Kier molecular flexibility index (Phi) is 3.13. The first-order chi connectivity index (χ1) is 6.92. The Morgan fingerprint density at radius 3 is 1.60 bits per heavy atom. The summed E-state index contributed by atoms with van der Waals surface area (Å²) in [6.07, 6.45) is 5.84. The molecule has 0 bridgehead atoms. The van der Waals surface area contributed by atoms with E-state index in [9.17, 15) is 0 Å². The Morgan fingerprint density at radius 2 is 1.20 bits per heavy atom. The van der Waals surface area contributed by atoms with Crippen LogP contribution in [0, 0.1) is 0 Å². The maximum absolute atomic E-state index is 2.64. The lowest BCUT2D eigenvalue weighted by molar-refractivity contribution is 1.17. The first-order valence-corrected chi connectivity index (χ1v) is 10.9. The van der Waals surface area contributed by atoms with Crippen LogP contribution in [0.25, 0.3) is 0 Å².